The number of carbonyl (C=O) groups is 3. The molecule has 0 fully saturated rings. The number of amides is 2. The Balaban J connectivity index is 1.75. The molecular weight excluding hydrogens is 376 g/mol. The quantitative estimate of drug-likeness (QED) is 0.627. The molecule has 2 N–H and O–H groups in total. The van der Waals surface area contributed by atoms with Crippen molar-refractivity contribution in [1.29, 1.82) is 0 Å². The van der Waals surface area contributed by atoms with Crippen LogP contribution in [0.1, 0.15) is 29.8 Å². The molecule has 0 heterocycles. The number of hydrogen-bond donors (Lipinski definition) is 2. The van der Waals surface area contributed by atoms with Gasteiger partial charge in [0.25, 0.3) is 0 Å². The van der Waals surface area contributed by atoms with Crippen LogP contribution in [0.5, 0.6) is 0 Å². The number of benzene rings is 2. The van der Waals surface area contributed by atoms with Crippen LogP contribution in [-0.4, -0.2) is 35.9 Å². The molecule has 0 spiro atoms. The average Bonchev–Trinajstić information content (AvgIpc) is 2.69. The summed E-state index contributed by atoms with van der Waals surface area (Å²) in [6.45, 7) is 4.09. The summed E-state index contributed by atoms with van der Waals surface area (Å²) in [6.07, 6.45) is 0.946. The Bertz CT molecular complexity index is 821. The fourth-order valence-electron chi connectivity index (χ4n) is 2.39. The monoisotopic (exact) mass is 400 g/mol. The van der Waals surface area contributed by atoms with Crippen LogP contribution in [0.15, 0.2) is 48.5 Å². The Labute approximate surface area is 169 Å². The normalized spacial score (nSPS) is 10.2. The van der Waals surface area contributed by atoms with Crippen molar-refractivity contribution in [1.82, 2.24) is 0 Å². The number of aryl methyl sites for hydroxylation is 1. The molecule has 148 valence electrons. The number of anilines is 2. The van der Waals surface area contributed by atoms with Crippen LogP contribution in [0.2, 0.25) is 0 Å². The van der Waals surface area contributed by atoms with Crippen LogP contribution in [0.3, 0.4) is 0 Å². The number of nitrogens with one attached hydrogen (secondary N) is 2. The summed E-state index contributed by atoms with van der Waals surface area (Å²) in [5, 5.41) is 5.52. The summed E-state index contributed by atoms with van der Waals surface area (Å²) >= 11 is 1.22. The first-order valence-electron chi connectivity index (χ1n) is 9.05. The van der Waals surface area contributed by atoms with E-state index in [9.17, 15) is 14.4 Å². The van der Waals surface area contributed by atoms with E-state index >= 15 is 0 Å². The van der Waals surface area contributed by atoms with Crippen LogP contribution in [0.4, 0.5) is 11.4 Å². The van der Waals surface area contributed by atoms with Gasteiger partial charge in [0.15, 0.2) is 0 Å². The summed E-state index contributed by atoms with van der Waals surface area (Å²) in [7, 11) is 0. The molecule has 2 aromatic rings. The first kappa shape index (κ1) is 21.5. The fraction of sp³-hybridized carbons (Fsp3) is 0.286. The van der Waals surface area contributed by atoms with Crippen LogP contribution in [0.25, 0.3) is 0 Å². The smallest absolute Gasteiger partial charge is 0.338 e. The van der Waals surface area contributed by atoms with Gasteiger partial charge in [0.1, 0.15) is 0 Å². The fourth-order valence-corrected chi connectivity index (χ4v) is 3.01. The van der Waals surface area contributed by atoms with Crippen LogP contribution in [-0.2, 0) is 20.7 Å². The molecule has 2 aromatic carbocycles. The maximum atomic E-state index is 12.0. The molecule has 0 aliphatic rings. The molecule has 0 aromatic heterocycles. The van der Waals surface area contributed by atoms with Gasteiger partial charge >= 0.3 is 5.97 Å². The molecule has 0 bridgehead atoms. The molecule has 7 heteroatoms. The summed E-state index contributed by atoms with van der Waals surface area (Å²) in [6, 6.07) is 14.2. The SMILES string of the molecule is CCOC(=O)c1cccc(NC(=O)CSCC(=O)Nc2ccc(CC)cc2)c1. The summed E-state index contributed by atoms with van der Waals surface area (Å²) in [4.78, 5) is 35.8. The topological polar surface area (TPSA) is 84.5 Å². The third kappa shape index (κ3) is 7.08. The number of esters is 1. The number of rotatable bonds is 9. The van der Waals surface area contributed by atoms with Crippen molar-refractivity contribution in [2.75, 3.05) is 28.7 Å². The third-order valence-electron chi connectivity index (χ3n) is 3.77. The van der Waals surface area contributed by atoms with Crippen molar-refractivity contribution in [3.05, 3.63) is 59.7 Å². The summed E-state index contributed by atoms with van der Waals surface area (Å²) < 4.78 is 4.94. The highest BCUT2D eigenvalue weighted by molar-refractivity contribution is 8.00. The van der Waals surface area contributed by atoms with Crippen molar-refractivity contribution in [3.63, 3.8) is 0 Å². The van der Waals surface area contributed by atoms with Gasteiger partial charge in [-0.3, -0.25) is 9.59 Å². The van der Waals surface area contributed by atoms with Gasteiger partial charge in [-0.15, -0.1) is 11.8 Å². The second-order valence-electron chi connectivity index (χ2n) is 5.94. The van der Waals surface area contributed by atoms with Crippen LogP contribution < -0.4 is 10.6 Å². The zero-order valence-electron chi connectivity index (χ0n) is 16.0. The van der Waals surface area contributed by atoms with Crippen molar-refractivity contribution < 1.29 is 19.1 Å². The highest BCUT2D eigenvalue weighted by Gasteiger charge is 2.10. The summed E-state index contributed by atoms with van der Waals surface area (Å²) in [5.74, 6) is -0.536. The van der Waals surface area contributed by atoms with Crippen molar-refractivity contribution in [3.8, 4) is 0 Å². The second-order valence-corrected chi connectivity index (χ2v) is 6.93. The lowest BCUT2D eigenvalue weighted by molar-refractivity contribution is -0.114. The predicted molar refractivity (Wildman–Crippen MR) is 113 cm³/mol. The van der Waals surface area contributed by atoms with E-state index in [0.717, 1.165) is 12.1 Å². The molecular formula is C21H24N2O4S. The maximum absolute atomic E-state index is 12.0. The molecule has 0 saturated carbocycles. The molecule has 0 aliphatic heterocycles. The van der Waals surface area contributed by atoms with Gasteiger partial charge in [-0.2, -0.15) is 0 Å². The molecule has 2 rings (SSSR count). The Kier molecular flexibility index (Phi) is 8.55. The Morgan fingerprint density at radius 2 is 1.54 bits per heavy atom. The first-order valence-corrected chi connectivity index (χ1v) is 10.2. The van der Waals surface area contributed by atoms with E-state index in [1.165, 1.54) is 17.3 Å². The highest BCUT2D eigenvalue weighted by atomic mass is 32.2. The van der Waals surface area contributed by atoms with Crippen molar-refractivity contribution in [2.24, 2.45) is 0 Å². The molecule has 0 aliphatic carbocycles. The maximum Gasteiger partial charge on any atom is 0.338 e. The van der Waals surface area contributed by atoms with E-state index in [1.807, 2.05) is 24.3 Å². The van der Waals surface area contributed by atoms with Crippen LogP contribution >= 0.6 is 11.8 Å². The van der Waals surface area contributed by atoms with Gasteiger partial charge in [0.05, 0.1) is 23.7 Å². The minimum absolute atomic E-state index is 0.131. The van der Waals surface area contributed by atoms with Gasteiger partial charge in [-0.25, -0.2) is 4.79 Å². The molecule has 0 saturated heterocycles. The van der Waals surface area contributed by atoms with Gasteiger partial charge in [-0.1, -0.05) is 25.1 Å². The first-order chi connectivity index (χ1) is 13.5. The standard InChI is InChI=1S/C21H24N2O4S/c1-3-15-8-10-17(11-9-15)22-19(24)13-28-14-20(25)23-18-7-5-6-16(12-18)21(26)27-4-2/h5-12H,3-4,13-14H2,1-2H3,(H,22,24)(H,23,25). The lowest BCUT2D eigenvalue weighted by Gasteiger charge is -2.08. The Morgan fingerprint density at radius 3 is 2.14 bits per heavy atom. The molecule has 0 atom stereocenters. The molecule has 2 amide bonds. The number of thioether (sulfide) groups is 1. The van der Waals surface area contributed by atoms with Crippen molar-refractivity contribution >= 4 is 40.9 Å². The van der Waals surface area contributed by atoms with E-state index in [-0.39, 0.29) is 29.9 Å². The second kappa shape index (κ2) is 11.1. The number of ether oxygens (including phenoxy) is 1. The molecule has 6 nitrogen and oxygen atoms in total. The van der Waals surface area contributed by atoms with E-state index in [2.05, 4.69) is 17.6 Å². The molecule has 28 heavy (non-hydrogen) atoms. The minimum Gasteiger partial charge on any atom is -0.462 e. The largest absolute Gasteiger partial charge is 0.462 e. The lowest BCUT2D eigenvalue weighted by atomic mass is 10.1. The average molecular weight is 401 g/mol. The van der Waals surface area contributed by atoms with Crippen molar-refractivity contribution in [2.45, 2.75) is 20.3 Å². The zero-order valence-corrected chi connectivity index (χ0v) is 16.8. The van der Waals surface area contributed by atoms with Gasteiger partial charge < -0.3 is 15.4 Å². The van der Waals surface area contributed by atoms with E-state index in [1.54, 1.807) is 31.2 Å². The molecule has 0 radical (unpaired) electrons. The number of carbonyl (C=O) groups excluding carboxylic acids is 3. The minimum atomic E-state index is -0.434. The lowest BCUT2D eigenvalue weighted by Crippen LogP contribution is -2.18. The van der Waals surface area contributed by atoms with Gasteiger partial charge in [0, 0.05) is 11.4 Å². The van der Waals surface area contributed by atoms with Gasteiger partial charge in [0.2, 0.25) is 11.8 Å². The van der Waals surface area contributed by atoms with Crippen LogP contribution in [0, 0.1) is 0 Å². The highest BCUT2D eigenvalue weighted by Crippen LogP contribution is 2.14. The molecule has 0 unspecified atom stereocenters. The van der Waals surface area contributed by atoms with E-state index in [4.69, 9.17) is 4.74 Å². The summed E-state index contributed by atoms with van der Waals surface area (Å²) in [5.41, 5.74) is 2.83. The predicted octanol–water partition coefficient (Wildman–Crippen LogP) is 3.74. The van der Waals surface area contributed by atoms with Gasteiger partial charge in [-0.05, 0) is 49.2 Å². The third-order valence-corrected chi connectivity index (χ3v) is 4.70. The Hall–Kier alpha value is -2.80. The zero-order chi connectivity index (χ0) is 20.4. The van der Waals surface area contributed by atoms with E-state index < -0.39 is 5.97 Å². The van der Waals surface area contributed by atoms with E-state index in [0.29, 0.717) is 11.3 Å². The Morgan fingerprint density at radius 1 is 0.893 bits per heavy atom. The number of hydrogen-bond acceptors (Lipinski definition) is 5.